The van der Waals surface area contributed by atoms with Gasteiger partial charge >= 0.3 is 0 Å². The molecule has 0 fully saturated rings. The number of rotatable bonds is 5. The van der Waals surface area contributed by atoms with E-state index in [9.17, 15) is 4.39 Å². The van der Waals surface area contributed by atoms with Crippen LogP contribution in [-0.4, -0.2) is 18.5 Å². The predicted octanol–water partition coefficient (Wildman–Crippen LogP) is 3.31. The van der Waals surface area contributed by atoms with Crippen molar-refractivity contribution in [1.29, 1.82) is 0 Å². The molecule has 2 aromatic rings. The molecule has 0 radical (unpaired) electrons. The van der Waals surface area contributed by atoms with Gasteiger partial charge < -0.3 is 10.2 Å². The Kier molecular flexibility index (Phi) is 4.74. The minimum atomic E-state index is -0.246. The fourth-order valence-corrected chi connectivity index (χ4v) is 2.43. The van der Waals surface area contributed by atoms with Crippen LogP contribution in [0.15, 0.2) is 45.7 Å². The molecule has 2 N–H and O–H groups in total. The van der Waals surface area contributed by atoms with Crippen molar-refractivity contribution in [1.82, 2.24) is 4.90 Å². The van der Waals surface area contributed by atoms with Gasteiger partial charge in [-0.3, -0.25) is 4.90 Å². The van der Waals surface area contributed by atoms with E-state index in [0.29, 0.717) is 18.7 Å². The third-order valence-corrected chi connectivity index (χ3v) is 3.58. The summed E-state index contributed by atoms with van der Waals surface area (Å²) in [7, 11) is 1.92. The summed E-state index contributed by atoms with van der Waals surface area (Å²) in [6.07, 6.45) is 3.31. The van der Waals surface area contributed by atoms with Gasteiger partial charge in [-0.25, -0.2) is 4.39 Å². The summed E-state index contributed by atoms with van der Waals surface area (Å²) in [5.74, 6) is -0.246. The molecule has 0 amide bonds. The summed E-state index contributed by atoms with van der Waals surface area (Å²) in [6, 6.07) is 6.78. The first-order chi connectivity index (χ1) is 9.11. The van der Waals surface area contributed by atoms with Crippen LogP contribution in [0.3, 0.4) is 0 Å². The Labute approximate surface area is 120 Å². The van der Waals surface area contributed by atoms with Crippen molar-refractivity contribution in [2.45, 2.75) is 12.6 Å². The Balaban J connectivity index is 2.18. The lowest BCUT2D eigenvalue weighted by molar-refractivity contribution is 0.236. The summed E-state index contributed by atoms with van der Waals surface area (Å²) >= 11 is 3.26. The number of halogens is 2. The molecule has 1 aromatic carbocycles. The molecule has 1 unspecified atom stereocenters. The molecule has 0 saturated heterocycles. The number of nitrogens with zero attached hydrogens (tertiary/aromatic N) is 1. The van der Waals surface area contributed by atoms with Gasteiger partial charge in [0.2, 0.25) is 0 Å². The molecule has 5 heteroatoms. The lowest BCUT2D eigenvalue weighted by Gasteiger charge is -2.27. The van der Waals surface area contributed by atoms with Crippen molar-refractivity contribution in [3.05, 3.63) is 58.2 Å². The highest BCUT2D eigenvalue weighted by atomic mass is 79.9. The van der Waals surface area contributed by atoms with Crippen molar-refractivity contribution >= 4 is 15.9 Å². The lowest BCUT2D eigenvalue weighted by atomic mass is 10.0. The van der Waals surface area contributed by atoms with E-state index in [-0.39, 0.29) is 11.9 Å². The smallest absolute Gasteiger partial charge is 0.129 e. The maximum atomic E-state index is 14.0. The highest BCUT2D eigenvalue weighted by Gasteiger charge is 2.19. The van der Waals surface area contributed by atoms with Crippen LogP contribution in [0.4, 0.5) is 4.39 Å². The number of furan rings is 1. The van der Waals surface area contributed by atoms with Crippen LogP contribution in [0.1, 0.15) is 17.2 Å². The molecule has 1 atom stereocenters. The largest absolute Gasteiger partial charge is 0.472 e. The molecule has 3 nitrogen and oxygen atoms in total. The monoisotopic (exact) mass is 326 g/mol. The van der Waals surface area contributed by atoms with Crippen molar-refractivity contribution < 1.29 is 8.81 Å². The first-order valence-corrected chi connectivity index (χ1v) is 6.77. The number of benzene rings is 1. The van der Waals surface area contributed by atoms with Crippen molar-refractivity contribution in [3.8, 4) is 0 Å². The Morgan fingerprint density at radius 3 is 2.79 bits per heavy atom. The van der Waals surface area contributed by atoms with Gasteiger partial charge in [-0.2, -0.15) is 0 Å². The zero-order valence-electron chi connectivity index (χ0n) is 10.6. The standard InChI is InChI=1S/C14H16BrFN2O/c1-18(8-10-4-5-19-9-10)14(7-17)12-3-2-11(15)6-13(12)16/h2-6,9,14H,7-8,17H2,1H3. The minimum absolute atomic E-state index is 0.164. The third-order valence-electron chi connectivity index (χ3n) is 3.09. The van der Waals surface area contributed by atoms with Crippen molar-refractivity contribution in [2.24, 2.45) is 5.73 Å². The second kappa shape index (κ2) is 6.32. The Morgan fingerprint density at radius 1 is 1.42 bits per heavy atom. The van der Waals surface area contributed by atoms with Crippen LogP contribution in [-0.2, 0) is 6.54 Å². The number of nitrogens with two attached hydrogens (primary N) is 1. The van der Waals surface area contributed by atoms with Gasteiger partial charge in [-0.1, -0.05) is 22.0 Å². The van der Waals surface area contributed by atoms with Crippen LogP contribution in [0, 0.1) is 5.82 Å². The summed E-state index contributed by atoms with van der Waals surface area (Å²) in [4.78, 5) is 2.01. The molecule has 0 aliphatic carbocycles. The maximum Gasteiger partial charge on any atom is 0.129 e. The normalized spacial score (nSPS) is 12.9. The van der Waals surface area contributed by atoms with E-state index in [4.69, 9.17) is 10.2 Å². The predicted molar refractivity (Wildman–Crippen MR) is 76.1 cm³/mol. The molecule has 0 spiro atoms. The lowest BCUT2D eigenvalue weighted by Crippen LogP contribution is -2.30. The van der Waals surface area contributed by atoms with E-state index >= 15 is 0 Å². The fourth-order valence-electron chi connectivity index (χ4n) is 2.10. The fraction of sp³-hybridized carbons (Fsp3) is 0.286. The van der Waals surface area contributed by atoms with Gasteiger partial charge in [0.1, 0.15) is 5.82 Å². The molecule has 19 heavy (non-hydrogen) atoms. The second-order valence-corrected chi connectivity index (χ2v) is 5.38. The molecule has 2 rings (SSSR count). The van der Waals surface area contributed by atoms with Crippen LogP contribution < -0.4 is 5.73 Å². The summed E-state index contributed by atoms with van der Waals surface area (Å²) in [5.41, 5.74) is 7.45. The average Bonchev–Trinajstić information content (AvgIpc) is 2.85. The molecule has 0 saturated carbocycles. The zero-order valence-corrected chi connectivity index (χ0v) is 12.2. The third kappa shape index (κ3) is 3.43. The van der Waals surface area contributed by atoms with Gasteiger partial charge in [0, 0.05) is 34.7 Å². The molecular weight excluding hydrogens is 311 g/mol. The quantitative estimate of drug-likeness (QED) is 0.916. The Hall–Kier alpha value is -1.17. The summed E-state index contributed by atoms with van der Waals surface area (Å²) in [5, 5.41) is 0. The highest BCUT2D eigenvalue weighted by Crippen LogP contribution is 2.25. The minimum Gasteiger partial charge on any atom is -0.472 e. The highest BCUT2D eigenvalue weighted by molar-refractivity contribution is 9.10. The molecular formula is C14H16BrFN2O. The van der Waals surface area contributed by atoms with E-state index < -0.39 is 0 Å². The topological polar surface area (TPSA) is 42.4 Å². The van der Waals surface area contributed by atoms with Crippen LogP contribution >= 0.6 is 15.9 Å². The van der Waals surface area contributed by atoms with Gasteiger partial charge in [-0.05, 0) is 25.2 Å². The van der Waals surface area contributed by atoms with Crippen LogP contribution in [0.2, 0.25) is 0 Å². The van der Waals surface area contributed by atoms with Gasteiger partial charge in [0.05, 0.1) is 12.5 Å². The molecule has 0 bridgehead atoms. The average molecular weight is 327 g/mol. The van der Waals surface area contributed by atoms with Crippen LogP contribution in [0.5, 0.6) is 0 Å². The first kappa shape index (κ1) is 14.2. The second-order valence-electron chi connectivity index (χ2n) is 4.46. The van der Waals surface area contributed by atoms with Gasteiger partial charge in [0.15, 0.2) is 0 Å². The number of hydrogen-bond donors (Lipinski definition) is 1. The van der Waals surface area contributed by atoms with E-state index in [2.05, 4.69) is 15.9 Å². The Bertz CT molecular complexity index is 530. The molecule has 0 aliphatic heterocycles. The Morgan fingerprint density at radius 2 is 2.21 bits per heavy atom. The summed E-state index contributed by atoms with van der Waals surface area (Å²) in [6.45, 7) is 1.01. The zero-order chi connectivity index (χ0) is 13.8. The van der Waals surface area contributed by atoms with Gasteiger partial charge in [0.25, 0.3) is 0 Å². The molecule has 102 valence electrons. The summed E-state index contributed by atoms with van der Waals surface area (Å²) < 4.78 is 19.8. The van der Waals surface area contributed by atoms with E-state index in [1.54, 1.807) is 18.6 Å². The maximum absolute atomic E-state index is 14.0. The molecule has 0 aliphatic rings. The molecule has 1 heterocycles. The molecule has 1 aromatic heterocycles. The van der Waals surface area contributed by atoms with E-state index in [1.807, 2.05) is 24.1 Å². The van der Waals surface area contributed by atoms with Crippen LogP contribution in [0.25, 0.3) is 0 Å². The van der Waals surface area contributed by atoms with E-state index in [0.717, 1.165) is 10.0 Å². The number of hydrogen-bond acceptors (Lipinski definition) is 3. The number of likely N-dealkylation sites (N-methyl/N-ethyl adjacent to an activating group) is 1. The SMILES string of the molecule is CN(Cc1ccoc1)C(CN)c1ccc(Br)cc1F. The van der Waals surface area contributed by atoms with Crippen molar-refractivity contribution in [2.75, 3.05) is 13.6 Å². The van der Waals surface area contributed by atoms with E-state index in [1.165, 1.54) is 6.07 Å². The van der Waals surface area contributed by atoms with Crippen molar-refractivity contribution in [3.63, 3.8) is 0 Å². The van der Waals surface area contributed by atoms with Gasteiger partial charge in [-0.15, -0.1) is 0 Å². The first-order valence-electron chi connectivity index (χ1n) is 5.98.